The number of nitrogens with one attached hydrogen (secondary N) is 5. The highest BCUT2D eigenvalue weighted by Gasteiger charge is 2.52. The Balaban J connectivity index is 0.000000147. The minimum atomic E-state index is -0.547. The number of nitrogens with zero attached hydrogens (tertiary/aromatic N) is 3. The topological polar surface area (TPSA) is 176 Å². The fourth-order valence-electron chi connectivity index (χ4n) is 10.5. The lowest BCUT2D eigenvalue weighted by atomic mass is 9.80. The number of methoxy groups -OCH3 is 2. The number of aromatic amines is 2. The van der Waals surface area contributed by atoms with Gasteiger partial charge < -0.3 is 45.0 Å². The molecule has 332 valence electrons. The van der Waals surface area contributed by atoms with Crippen LogP contribution < -0.4 is 25.4 Å². The van der Waals surface area contributed by atoms with Crippen molar-refractivity contribution in [3.8, 4) is 56.5 Å². The number of carbonyl (C=O) groups is 3. The summed E-state index contributed by atoms with van der Waals surface area (Å²) in [7, 11) is 3.32. The highest BCUT2D eigenvalue weighted by Crippen LogP contribution is 2.43. The van der Waals surface area contributed by atoms with E-state index in [0.717, 1.165) is 135 Å². The van der Waals surface area contributed by atoms with E-state index in [9.17, 15) is 14.4 Å². The molecule has 0 unspecified atom stereocenters. The van der Waals surface area contributed by atoms with Crippen molar-refractivity contribution in [1.29, 1.82) is 0 Å². The third-order valence-corrected chi connectivity index (χ3v) is 13.7. The summed E-state index contributed by atoms with van der Waals surface area (Å²) in [5, 5.41) is 9.75. The molecule has 0 radical (unpaired) electrons. The van der Waals surface area contributed by atoms with Crippen LogP contribution in [0.2, 0.25) is 0 Å². The first-order chi connectivity index (χ1) is 31.3. The lowest BCUT2D eigenvalue weighted by Gasteiger charge is -2.51. The van der Waals surface area contributed by atoms with Crippen LogP contribution in [0, 0.1) is 0 Å². The molecule has 12 rings (SSSR count). The number of carbonyl (C=O) groups excluding carboxylic acids is 3. The molecular formula is C51H52N8O6. The first kappa shape index (κ1) is 40.8. The standard InChI is InChI=1S/C28H30N4O4.C23H22N4O2/c1-27(2,3)36-26(34)32-14-28(15-32)12-22-23(25(33)31-28)19-10-7-17-13-29-21(11-20(17)24(19)30-22)16-5-8-18(35-4)9-6-16;1-29-15-5-2-13(3-6-15)18-8-17-14(10-25-18)4-7-16-20-19(26-21(16)17)9-23(11-24-12-23)27-22(20)28/h5-6,8-9,11,13,30H,7,10,12,14-15H2,1-4H3,(H,31,33);2-3,5-6,8,10,24,26H,4,7,9,11-12H2,1H3,(H,27,28). The van der Waals surface area contributed by atoms with E-state index in [2.05, 4.69) is 38.1 Å². The predicted octanol–water partition coefficient (Wildman–Crippen LogP) is 6.61. The minimum absolute atomic E-state index is 0.0644. The van der Waals surface area contributed by atoms with Crippen molar-refractivity contribution in [3.63, 3.8) is 0 Å². The van der Waals surface area contributed by atoms with E-state index in [-0.39, 0.29) is 23.4 Å². The molecule has 2 saturated heterocycles. The van der Waals surface area contributed by atoms with Crippen molar-refractivity contribution < 1.29 is 28.6 Å². The van der Waals surface area contributed by atoms with Crippen LogP contribution in [0.25, 0.3) is 45.0 Å². The minimum Gasteiger partial charge on any atom is -0.497 e. The zero-order valence-electron chi connectivity index (χ0n) is 37.3. The maximum absolute atomic E-state index is 13.3. The molecule has 14 nitrogen and oxygen atoms in total. The van der Waals surface area contributed by atoms with E-state index in [0.29, 0.717) is 19.5 Å². The van der Waals surface area contributed by atoms with Gasteiger partial charge in [-0.2, -0.15) is 0 Å². The van der Waals surface area contributed by atoms with Crippen LogP contribution in [0.4, 0.5) is 4.79 Å². The molecule has 3 amide bonds. The maximum atomic E-state index is 13.3. The molecule has 6 aromatic rings. The maximum Gasteiger partial charge on any atom is 0.410 e. The molecule has 4 aromatic heterocycles. The van der Waals surface area contributed by atoms with Crippen LogP contribution in [0.5, 0.6) is 11.5 Å². The Morgan fingerprint density at radius 3 is 1.55 bits per heavy atom. The molecule has 0 saturated carbocycles. The number of benzene rings is 2. The molecule has 6 aliphatic rings. The number of pyridine rings is 2. The second-order valence-electron chi connectivity index (χ2n) is 19.3. The fraction of sp³-hybridized carbons (Fsp3) is 0.353. The zero-order chi connectivity index (χ0) is 44.8. The van der Waals surface area contributed by atoms with Gasteiger partial charge in [0.25, 0.3) is 11.8 Å². The number of fused-ring (bicyclic) bond motifs is 10. The van der Waals surface area contributed by atoms with E-state index in [4.69, 9.17) is 24.2 Å². The normalized spacial score (nSPS) is 17.8. The SMILES string of the molecule is COc1ccc(-c2cc3c(cn2)CCc2c-3[nH]c3c2C(=O)NC2(C3)CN(C(=O)OC(C)(C)C)C2)cc1.COc1ccc(-c2cc3c(cn2)CCc2c-3[nH]c3c2C(=O)NC2(CNC2)C3)cc1. The van der Waals surface area contributed by atoms with E-state index in [1.165, 1.54) is 11.1 Å². The molecule has 4 aliphatic heterocycles. The van der Waals surface area contributed by atoms with Crippen LogP contribution >= 0.6 is 0 Å². The predicted molar refractivity (Wildman–Crippen MR) is 245 cm³/mol. The van der Waals surface area contributed by atoms with Crippen LogP contribution in [0.1, 0.15) is 75.1 Å². The van der Waals surface area contributed by atoms with Gasteiger partial charge in [0.15, 0.2) is 0 Å². The average molecular weight is 873 g/mol. The fourth-order valence-corrected chi connectivity index (χ4v) is 10.5. The highest BCUT2D eigenvalue weighted by atomic mass is 16.6. The van der Waals surface area contributed by atoms with Crippen LogP contribution in [-0.2, 0) is 43.3 Å². The molecule has 2 aliphatic carbocycles. The zero-order valence-corrected chi connectivity index (χ0v) is 37.3. The monoisotopic (exact) mass is 872 g/mol. The van der Waals surface area contributed by atoms with Crippen molar-refractivity contribution >= 4 is 17.9 Å². The lowest BCUT2D eigenvalue weighted by Crippen LogP contribution is -2.74. The smallest absolute Gasteiger partial charge is 0.410 e. The number of aryl methyl sites for hydroxylation is 2. The average Bonchev–Trinajstić information content (AvgIpc) is 3.86. The summed E-state index contributed by atoms with van der Waals surface area (Å²) in [5.41, 5.74) is 15.4. The van der Waals surface area contributed by atoms with E-state index < -0.39 is 11.1 Å². The molecule has 14 heteroatoms. The summed E-state index contributed by atoms with van der Waals surface area (Å²) < 4.78 is 16.0. The second kappa shape index (κ2) is 15.1. The van der Waals surface area contributed by atoms with Crippen molar-refractivity contribution in [2.75, 3.05) is 40.4 Å². The molecular weight excluding hydrogens is 821 g/mol. The lowest BCUT2D eigenvalue weighted by molar-refractivity contribution is -0.0169. The summed E-state index contributed by atoms with van der Waals surface area (Å²) in [6.07, 6.45) is 8.52. The van der Waals surface area contributed by atoms with Gasteiger partial charge >= 0.3 is 6.09 Å². The Morgan fingerprint density at radius 2 is 1.12 bits per heavy atom. The van der Waals surface area contributed by atoms with Gasteiger partial charge in [-0.05, 0) is 129 Å². The number of ether oxygens (including phenoxy) is 3. The molecule has 2 spiro atoms. The number of aromatic nitrogens is 4. The number of hydrogen-bond donors (Lipinski definition) is 5. The number of hydrogen-bond acceptors (Lipinski definition) is 9. The quantitative estimate of drug-likeness (QED) is 0.131. The first-order valence-electron chi connectivity index (χ1n) is 22.4. The summed E-state index contributed by atoms with van der Waals surface area (Å²) in [6.45, 7) is 8.12. The van der Waals surface area contributed by atoms with Crippen molar-refractivity contribution in [2.24, 2.45) is 0 Å². The third kappa shape index (κ3) is 7.11. The van der Waals surface area contributed by atoms with Gasteiger partial charge in [-0.3, -0.25) is 19.6 Å². The summed E-state index contributed by atoms with van der Waals surface area (Å²) in [4.78, 5) is 56.9. The summed E-state index contributed by atoms with van der Waals surface area (Å²) in [5.74, 6) is 1.64. The third-order valence-electron chi connectivity index (χ3n) is 13.7. The van der Waals surface area contributed by atoms with Gasteiger partial charge in [0.2, 0.25) is 0 Å². The van der Waals surface area contributed by atoms with Crippen LogP contribution in [0.3, 0.4) is 0 Å². The summed E-state index contributed by atoms with van der Waals surface area (Å²) >= 11 is 0. The molecule has 0 bridgehead atoms. The Kier molecular flexibility index (Phi) is 9.47. The van der Waals surface area contributed by atoms with Gasteiger partial charge in [0, 0.05) is 85.1 Å². The Bertz CT molecular complexity index is 2920. The van der Waals surface area contributed by atoms with Crippen molar-refractivity contribution in [2.45, 2.75) is 76.0 Å². The van der Waals surface area contributed by atoms with E-state index in [1.807, 2.05) is 81.7 Å². The van der Waals surface area contributed by atoms with Crippen LogP contribution in [-0.4, -0.2) is 99.8 Å². The summed E-state index contributed by atoms with van der Waals surface area (Å²) in [6, 6.07) is 20.1. The van der Waals surface area contributed by atoms with Gasteiger partial charge in [-0.25, -0.2) is 4.79 Å². The van der Waals surface area contributed by atoms with E-state index in [1.54, 1.807) is 19.1 Å². The number of rotatable bonds is 4. The Morgan fingerprint density at radius 1 is 0.662 bits per heavy atom. The molecule has 0 atom stereocenters. The Hall–Kier alpha value is -6.93. The van der Waals surface area contributed by atoms with Gasteiger partial charge in [0.1, 0.15) is 17.1 Å². The highest BCUT2D eigenvalue weighted by molar-refractivity contribution is 6.02. The number of likely N-dealkylation sites (tertiary alicyclic amines) is 1. The van der Waals surface area contributed by atoms with Crippen LogP contribution in [0.15, 0.2) is 73.1 Å². The second-order valence-corrected chi connectivity index (χ2v) is 19.3. The van der Waals surface area contributed by atoms with E-state index >= 15 is 0 Å². The van der Waals surface area contributed by atoms with Crippen molar-refractivity contribution in [1.82, 2.24) is 40.8 Å². The van der Waals surface area contributed by atoms with Gasteiger partial charge in [-0.1, -0.05) is 0 Å². The molecule has 2 aromatic carbocycles. The van der Waals surface area contributed by atoms with Gasteiger partial charge in [0.05, 0.1) is 59.2 Å². The molecule has 2 fully saturated rings. The molecule has 65 heavy (non-hydrogen) atoms. The first-order valence-corrected chi connectivity index (χ1v) is 22.4. The number of amides is 3. The molecule has 8 heterocycles. The Labute approximate surface area is 376 Å². The number of H-pyrrole nitrogens is 2. The van der Waals surface area contributed by atoms with Crippen molar-refractivity contribution in [3.05, 3.63) is 118 Å². The largest absolute Gasteiger partial charge is 0.497 e. The molecule has 5 N–H and O–H groups in total. The van der Waals surface area contributed by atoms with Gasteiger partial charge in [-0.15, -0.1) is 0 Å².